The van der Waals surface area contributed by atoms with Crippen LogP contribution in [-0.2, 0) is 4.79 Å². The van der Waals surface area contributed by atoms with Gasteiger partial charge in [0.1, 0.15) is 6.04 Å². The molecule has 0 bridgehead atoms. The Morgan fingerprint density at radius 1 is 1.10 bits per heavy atom. The van der Waals surface area contributed by atoms with Gasteiger partial charge in [0.2, 0.25) is 5.91 Å². The average Bonchev–Trinajstić information content (AvgIpc) is 2.49. The Bertz CT molecular complexity index is 622. The molecule has 0 heterocycles. The van der Waals surface area contributed by atoms with Crippen molar-refractivity contribution in [2.24, 2.45) is 5.73 Å². The smallest absolute Gasteiger partial charge is 0.241 e. The van der Waals surface area contributed by atoms with E-state index in [1.54, 1.807) is 0 Å². The van der Waals surface area contributed by atoms with Crippen molar-refractivity contribution in [2.75, 3.05) is 0 Å². The minimum Gasteiger partial charge on any atom is -0.348 e. The van der Waals surface area contributed by atoms with Gasteiger partial charge < -0.3 is 11.1 Å². The molecule has 0 aliphatic heterocycles. The fraction of sp³-hybridized carbons (Fsp3) is 0.278. The minimum atomic E-state index is -0.640. The van der Waals surface area contributed by atoms with Crippen molar-refractivity contribution >= 4 is 5.91 Å². The molecule has 3 heteroatoms. The molecule has 0 aliphatic carbocycles. The van der Waals surface area contributed by atoms with E-state index in [-0.39, 0.29) is 11.9 Å². The summed E-state index contributed by atoms with van der Waals surface area (Å²) in [6.07, 6.45) is 0. The van der Waals surface area contributed by atoms with E-state index in [9.17, 15) is 4.79 Å². The maximum Gasteiger partial charge on any atom is 0.241 e. The highest BCUT2D eigenvalue weighted by atomic mass is 16.2. The second-order valence-electron chi connectivity index (χ2n) is 5.48. The van der Waals surface area contributed by atoms with Crippen LogP contribution in [0.15, 0.2) is 48.5 Å². The Labute approximate surface area is 126 Å². The summed E-state index contributed by atoms with van der Waals surface area (Å²) in [5.41, 5.74) is 10.3. The first-order valence-corrected chi connectivity index (χ1v) is 7.17. The molecular weight excluding hydrogens is 260 g/mol. The molecule has 0 fully saturated rings. The normalized spacial score (nSPS) is 13.5. The van der Waals surface area contributed by atoms with E-state index in [4.69, 9.17) is 5.73 Å². The quantitative estimate of drug-likeness (QED) is 0.905. The van der Waals surface area contributed by atoms with Crippen molar-refractivity contribution in [3.8, 4) is 0 Å². The van der Waals surface area contributed by atoms with E-state index in [1.807, 2.05) is 44.2 Å². The predicted octanol–water partition coefficient (Wildman–Crippen LogP) is 3.18. The number of hydrogen-bond donors (Lipinski definition) is 2. The van der Waals surface area contributed by atoms with Crippen LogP contribution in [0.1, 0.15) is 41.3 Å². The molecule has 110 valence electrons. The maximum absolute atomic E-state index is 12.3. The molecule has 3 N–H and O–H groups in total. The SMILES string of the molecule is Cc1ccc(C)c(C(C)NC(=O)[C@H](N)c2ccccc2)c1. The van der Waals surface area contributed by atoms with E-state index in [2.05, 4.69) is 30.4 Å². The molecule has 0 aliphatic rings. The molecule has 0 saturated heterocycles. The van der Waals surface area contributed by atoms with Crippen LogP contribution in [0.25, 0.3) is 0 Å². The highest BCUT2D eigenvalue weighted by Crippen LogP contribution is 2.20. The minimum absolute atomic E-state index is 0.0628. The van der Waals surface area contributed by atoms with Crippen molar-refractivity contribution in [3.05, 3.63) is 70.8 Å². The van der Waals surface area contributed by atoms with Gasteiger partial charge in [-0.2, -0.15) is 0 Å². The predicted molar refractivity (Wildman–Crippen MR) is 85.8 cm³/mol. The lowest BCUT2D eigenvalue weighted by molar-refractivity contribution is -0.123. The third kappa shape index (κ3) is 3.70. The third-order valence-electron chi connectivity index (χ3n) is 3.70. The van der Waals surface area contributed by atoms with Crippen LogP contribution in [0.2, 0.25) is 0 Å². The van der Waals surface area contributed by atoms with Crippen molar-refractivity contribution in [3.63, 3.8) is 0 Å². The van der Waals surface area contributed by atoms with Gasteiger partial charge in [0, 0.05) is 0 Å². The van der Waals surface area contributed by atoms with Crippen LogP contribution >= 0.6 is 0 Å². The number of benzene rings is 2. The van der Waals surface area contributed by atoms with Gasteiger partial charge in [0.25, 0.3) is 0 Å². The van der Waals surface area contributed by atoms with Crippen LogP contribution in [0.5, 0.6) is 0 Å². The maximum atomic E-state index is 12.3. The topological polar surface area (TPSA) is 55.1 Å². The average molecular weight is 282 g/mol. The van der Waals surface area contributed by atoms with E-state index in [0.29, 0.717) is 0 Å². The molecule has 2 rings (SSSR count). The van der Waals surface area contributed by atoms with E-state index >= 15 is 0 Å². The van der Waals surface area contributed by atoms with Crippen molar-refractivity contribution in [2.45, 2.75) is 32.9 Å². The molecule has 0 radical (unpaired) electrons. The summed E-state index contributed by atoms with van der Waals surface area (Å²) in [5.74, 6) is -0.158. The molecule has 3 nitrogen and oxygen atoms in total. The van der Waals surface area contributed by atoms with Crippen LogP contribution in [0.3, 0.4) is 0 Å². The van der Waals surface area contributed by atoms with Crippen molar-refractivity contribution in [1.29, 1.82) is 0 Å². The Morgan fingerprint density at radius 2 is 1.76 bits per heavy atom. The van der Waals surface area contributed by atoms with Gasteiger partial charge in [0.05, 0.1) is 6.04 Å². The lowest BCUT2D eigenvalue weighted by Gasteiger charge is -2.20. The Hall–Kier alpha value is -2.13. The molecule has 2 aromatic rings. The largest absolute Gasteiger partial charge is 0.348 e. The number of nitrogens with two attached hydrogens (primary N) is 1. The Kier molecular flexibility index (Phi) is 4.76. The fourth-order valence-electron chi connectivity index (χ4n) is 2.42. The van der Waals surface area contributed by atoms with Crippen molar-refractivity contribution < 1.29 is 4.79 Å². The fourth-order valence-corrected chi connectivity index (χ4v) is 2.42. The number of nitrogens with one attached hydrogen (secondary N) is 1. The zero-order valence-electron chi connectivity index (χ0n) is 12.8. The van der Waals surface area contributed by atoms with Gasteiger partial charge in [-0.25, -0.2) is 0 Å². The summed E-state index contributed by atoms with van der Waals surface area (Å²) in [7, 11) is 0. The van der Waals surface area contributed by atoms with Crippen LogP contribution < -0.4 is 11.1 Å². The van der Waals surface area contributed by atoms with E-state index < -0.39 is 6.04 Å². The summed E-state index contributed by atoms with van der Waals surface area (Å²) < 4.78 is 0. The standard InChI is InChI=1S/C18H22N2O/c1-12-9-10-13(2)16(11-12)14(3)20-18(21)17(19)15-7-5-4-6-8-15/h4-11,14,17H,19H2,1-3H3,(H,20,21)/t14?,17-/m1/s1. The highest BCUT2D eigenvalue weighted by Gasteiger charge is 2.18. The van der Waals surface area contributed by atoms with Crippen LogP contribution in [0.4, 0.5) is 0 Å². The second kappa shape index (κ2) is 6.55. The van der Waals surface area contributed by atoms with Gasteiger partial charge in [-0.05, 0) is 37.5 Å². The molecule has 0 aromatic heterocycles. The second-order valence-corrected chi connectivity index (χ2v) is 5.48. The van der Waals surface area contributed by atoms with Gasteiger partial charge in [0.15, 0.2) is 0 Å². The molecule has 21 heavy (non-hydrogen) atoms. The van der Waals surface area contributed by atoms with Crippen LogP contribution in [0, 0.1) is 13.8 Å². The number of rotatable bonds is 4. The van der Waals surface area contributed by atoms with Gasteiger partial charge in [-0.3, -0.25) is 4.79 Å². The lowest BCUT2D eigenvalue weighted by Crippen LogP contribution is -2.35. The first kappa shape index (κ1) is 15.3. The molecular formula is C18H22N2O. The first-order chi connectivity index (χ1) is 9.99. The molecule has 1 unspecified atom stereocenters. The number of amides is 1. The Morgan fingerprint density at radius 3 is 2.43 bits per heavy atom. The van der Waals surface area contributed by atoms with Crippen LogP contribution in [-0.4, -0.2) is 5.91 Å². The summed E-state index contributed by atoms with van der Waals surface area (Å²) >= 11 is 0. The summed E-state index contributed by atoms with van der Waals surface area (Å²) in [5, 5.41) is 3.00. The molecule has 0 spiro atoms. The summed E-state index contributed by atoms with van der Waals surface area (Å²) in [6, 6.07) is 15.0. The molecule has 2 aromatic carbocycles. The highest BCUT2D eigenvalue weighted by molar-refractivity contribution is 5.83. The van der Waals surface area contributed by atoms with Crippen molar-refractivity contribution in [1.82, 2.24) is 5.32 Å². The Balaban J connectivity index is 2.10. The first-order valence-electron chi connectivity index (χ1n) is 7.17. The number of carbonyl (C=O) groups is 1. The summed E-state index contributed by atoms with van der Waals surface area (Å²) in [6.45, 7) is 6.08. The molecule has 0 saturated carbocycles. The zero-order valence-corrected chi connectivity index (χ0v) is 12.8. The van der Waals surface area contributed by atoms with Gasteiger partial charge >= 0.3 is 0 Å². The number of hydrogen-bond acceptors (Lipinski definition) is 2. The number of aryl methyl sites for hydroxylation is 2. The van der Waals surface area contributed by atoms with Gasteiger partial charge in [-0.15, -0.1) is 0 Å². The number of carbonyl (C=O) groups excluding carboxylic acids is 1. The monoisotopic (exact) mass is 282 g/mol. The third-order valence-corrected chi connectivity index (χ3v) is 3.70. The summed E-state index contributed by atoms with van der Waals surface area (Å²) in [4.78, 5) is 12.3. The molecule has 2 atom stereocenters. The lowest BCUT2D eigenvalue weighted by atomic mass is 9.99. The van der Waals surface area contributed by atoms with E-state index in [0.717, 1.165) is 11.1 Å². The molecule has 1 amide bonds. The zero-order chi connectivity index (χ0) is 15.4. The van der Waals surface area contributed by atoms with Gasteiger partial charge in [-0.1, -0.05) is 54.1 Å². The van der Waals surface area contributed by atoms with E-state index in [1.165, 1.54) is 11.1 Å².